The monoisotopic (exact) mass is 225 g/mol. The van der Waals surface area contributed by atoms with Crippen molar-refractivity contribution in [2.45, 2.75) is 46.1 Å². The molecule has 0 bridgehead atoms. The first-order valence-corrected chi connectivity index (χ1v) is 6.86. The summed E-state index contributed by atoms with van der Waals surface area (Å²) < 4.78 is 0. The highest BCUT2D eigenvalue weighted by molar-refractivity contribution is 7.09. The van der Waals surface area contributed by atoms with Crippen molar-refractivity contribution in [3.05, 3.63) is 22.4 Å². The Morgan fingerprint density at radius 2 is 2.20 bits per heavy atom. The van der Waals surface area contributed by atoms with Crippen LogP contribution in [-0.4, -0.2) is 12.6 Å². The van der Waals surface area contributed by atoms with Crippen molar-refractivity contribution in [3.8, 4) is 0 Å². The average Bonchev–Trinajstić information content (AvgIpc) is 2.67. The predicted octanol–water partition coefficient (Wildman–Crippen LogP) is 3.70. The molecule has 1 aromatic heterocycles. The Labute approximate surface area is 97.9 Å². The van der Waals surface area contributed by atoms with Crippen LogP contribution in [0.4, 0.5) is 0 Å². The van der Waals surface area contributed by atoms with Crippen molar-refractivity contribution in [1.29, 1.82) is 0 Å². The van der Waals surface area contributed by atoms with Gasteiger partial charge in [0.05, 0.1) is 0 Å². The average molecular weight is 225 g/mol. The molecule has 0 saturated heterocycles. The van der Waals surface area contributed by atoms with E-state index in [9.17, 15) is 0 Å². The molecule has 1 nitrogen and oxygen atoms in total. The highest BCUT2D eigenvalue weighted by Crippen LogP contribution is 2.17. The number of hydrogen-bond donors (Lipinski definition) is 1. The fourth-order valence-corrected chi connectivity index (χ4v) is 2.80. The van der Waals surface area contributed by atoms with Gasteiger partial charge >= 0.3 is 0 Å². The molecule has 2 unspecified atom stereocenters. The number of thiophene rings is 1. The van der Waals surface area contributed by atoms with E-state index in [0.717, 1.165) is 12.5 Å². The van der Waals surface area contributed by atoms with Crippen molar-refractivity contribution >= 4 is 11.3 Å². The van der Waals surface area contributed by atoms with E-state index in [0.29, 0.717) is 6.04 Å². The maximum absolute atomic E-state index is 3.55. The maximum atomic E-state index is 3.55. The largest absolute Gasteiger partial charge is 0.314 e. The number of hydrogen-bond acceptors (Lipinski definition) is 2. The normalized spacial score (nSPS) is 15.1. The zero-order valence-corrected chi connectivity index (χ0v) is 10.9. The van der Waals surface area contributed by atoms with Crippen molar-refractivity contribution in [2.24, 2.45) is 5.92 Å². The first-order valence-electron chi connectivity index (χ1n) is 5.98. The van der Waals surface area contributed by atoms with Crippen LogP contribution in [0.1, 0.15) is 38.5 Å². The third-order valence-corrected chi connectivity index (χ3v) is 3.53. The van der Waals surface area contributed by atoms with Gasteiger partial charge in [-0.2, -0.15) is 0 Å². The molecular formula is C13H23NS. The number of rotatable bonds is 7. The van der Waals surface area contributed by atoms with Crippen LogP contribution >= 0.6 is 11.3 Å². The summed E-state index contributed by atoms with van der Waals surface area (Å²) in [5.41, 5.74) is 0. The number of nitrogens with one attached hydrogen (secondary N) is 1. The van der Waals surface area contributed by atoms with E-state index in [1.807, 2.05) is 11.3 Å². The molecule has 0 aliphatic carbocycles. The molecule has 86 valence electrons. The predicted molar refractivity (Wildman–Crippen MR) is 69.6 cm³/mol. The van der Waals surface area contributed by atoms with Gasteiger partial charge < -0.3 is 5.32 Å². The quantitative estimate of drug-likeness (QED) is 0.746. The van der Waals surface area contributed by atoms with Crippen molar-refractivity contribution < 1.29 is 0 Å². The highest BCUT2D eigenvalue weighted by Gasteiger charge is 2.09. The van der Waals surface area contributed by atoms with Gasteiger partial charge in [0.15, 0.2) is 0 Å². The molecule has 1 heterocycles. The second-order valence-electron chi connectivity index (χ2n) is 4.48. The molecule has 0 saturated carbocycles. The van der Waals surface area contributed by atoms with E-state index in [2.05, 4.69) is 43.6 Å². The Morgan fingerprint density at radius 3 is 2.80 bits per heavy atom. The van der Waals surface area contributed by atoms with Gasteiger partial charge in [0.2, 0.25) is 0 Å². The minimum Gasteiger partial charge on any atom is -0.314 e. The lowest BCUT2D eigenvalue weighted by atomic mass is 9.98. The molecule has 1 rings (SSSR count). The van der Waals surface area contributed by atoms with Crippen LogP contribution in [0.25, 0.3) is 0 Å². The van der Waals surface area contributed by atoms with E-state index in [1.54, 1.807) is 0 Å². The lowest BCUT2D eigenvalue weighted by molar-refractivity contribution is 0.421. The first-order chi connectivity index (χ1) is 7.22. The molecule has 0 fully saturated rings. The zero-order chi connectivity index (χ0) is 11.1. The van der Waals surface area contributed by atoms with Crippen LogP contribution in [0.5, 0.6) is 0 Å². The van der Waals surface area contributed by atoms with Crippen molar-refractivity contribution in [3.63, 3.8) is 0 Å². The molecule has 0 amide bonds. The van der Waals surface area contributed by atoms with E-state index >= 15 is 0 Å². The summed E-state index contributed by atoms with van der Waals surface area (Å²) in [5, 5.41) is 5.71. The summed E-state index contributed by atoms with van der Waals surface area (Å²) in [7, 11) is 0. The van der Waals surface area contributed by atoms with Crippen LogP contribution < -0.4 is 5.32 Å². The topological polar surface area (TPSA) is 12.0 Å². The van der Waals surface area contributed by atoms with Gasteiger partial charge in [-0.05, 0) is 50.1 Å². The molecule has 1 N–H and O–H groups in total. The minimum atomic E-state index is 0.653. The second-order valence-corrected chi connectivity index (χ2v) is 5.51. The molecule has 2 atom stereocenters. The molecule has 0 radical (unpaired) electrons. The fraction of sp³-hybridized carbons (Fsp3) is 0.692. The zero-order valence-electron chi connectivity index (χ0n) is 10.1. The van der Waals surface area contributed by atoms with Crippen LogP contribution in [0.3, 0.4) is 0 Å². The lowest BCUT2D eigenvalue weighted by Gasteiger charge is -2.17. The Morgan fingerprint density at radius 1 is 1.40 bits per heavy atom. The summed E-state index contributed by atoms with van der Waals surface area (Å²) >= 11 is 1.88. The van der Waals surface area contributed by atoms with Crippen LogP contribution in [0.15, 0.2) is 17.5 Å². The Kier molecular flexibility index (Phi) is 5.96. The highest BCUT2D eigenvalue weighted by atomic mass is 32.1. The van der Waals surface area contributed by atoms with Gasteiger partial charge in [-0.1, -0.05) is 19.9 Å². The molecular weight excluding hydrogens is 202 g/mol. The van der Waals surface area contributed by atoms with Crippen molar-refractivity contribution in [1.82, 2.24) is 5.32 Å². The van der Waals surface area contributed by atoms with E-state index in [-0.39, 0.29) is 0 Å². The van der Waals surface area contributed by atoms with Gasteiger partial charge in [0.1, 0.15) is 0 Å². The molecule has 0 aliphatic heterocycles. The molecule has 0 aromatic carbocycles. The second kappa shape index (κ2) is 7.02. The SMILES string of the molecule is CCCNC(C)CC(C)Cc1cccs1. The van der Waals surface area contributed by atoms with Gasteiger partial charge in [0, 0.05) is 10.9 Å². The smallest absolute Gasteiger partial charge is 0.00478 e. The third kappa shape index (κ3) is 5.33. The first kappa shape index (κ1) is 12.7. The fourth-order valence-electron chi connectivity index (χ4n) is 1.93. The molecule has 2 heteroatoms. The summed E-state index contributed by atoms with van der Waals surface area (Å²) in [6.45, 7) is 8.01. The van der Waals surface area contributed by atoms with E-state index in [1.165, 1.54) is 24.1 Å². The minimum absolute atomic E-state index is 0.653. The maximum Gasteiger partial charge on any atom is 0.00478 e. The summed E-state index contributed by atoms with van der Waals surface area (Å²) in [6, 6.07) is 5.04. The Bertz CT molecular complexity index is 243. The van der Waals surface area contributed by atoms with Crippen LogP contribution in [0.2, 0.25) is 0 Å². The van der Waals surface area contributed by atoms with Crippen LogP contribution in [0, 0.1) is 5.92 Å². The van der Waals surface area contributed by atoms with Gasteiger partial charge in [-0.3, -0.25) is 0 Å². The van der Waals surface area contributed by atoms with E-state index < -0.39 is 0 Å². The lowest BCUT2D eigenvalue weighted by Crippen LogP contribution is -2.28. The molecule has 0 spiro atoms. The standard InChI is InChI=1S/C13H23NS/c1-4-7-14-12(3)9-11(2)10-13-6-5-8-15-13/h5-6,8,11-12,14H,4,7,9-10H2,1-3H3. The molecule has 1 aromatic rings. The van der Waals surface area contributed by atoms with Crippen molar-refractivity contribution in [2.75, 3.05) is 6.54 Å². The molecule has 15 heavy (non-hydrogen) atoms. The Balaban J connectivity index is 2.20. The summed E-state index contributed by atoms with van der Waals surface area (Å²) in [6.07, 6.45) is 3.73. The van der Waals surface area contributed by atoms with Gasteiger partial charge in [0.25, 0.3) is 0 Å². The van der Waals surface area contributed by atoms with Gasteiger partial charge in [-0.15, -0.1) is 11.3 Å². The third-order valence-electron chi connectivity index (χ3n) is 2.63. The summed E-state index contributed by atoms with van der Waals surface area (Å²) in [5.74, 6) is 0.781. The molecule has 0 aliphatic rings. The van der Waals surface area contributed by atoms with Crippen LogP contribution in [-0.2, 0) is 6.42 Å². The van der Waals surface area contributed by atoms with Gasteiger partial charge in [-0.25, -0.2) is 0 Å². The summed E-state index contributed by atoms with van der Waals surface area (Å²) in [4.78, 5) is 1.52. The Hall–Kier alpha value is -0.340. The van der Waals surface area contributed by atoms with E-state index in [4.69, 9.17) is 0 Å².